The van der Waals surface area contributed by atoms with Crippen LogP contribution >= 0.6 is 11.3 Å². The molecule has 0 spiro atoms. The fourth-order valence-corrected chi connectivity index (χ4v) is 3.63. The summed E-state index contributed by atoms with van der Waals surface area (Å²) in [5.74, 6) is 0.136. The van der Waals surface area contributed by atoms with Gasteiger partial charge in [0.1, 0.15) is 4.88 Å². The smallest absolute Gasteiger partial charge is 0.260 e. The molecule has 1 saturated carbocycles. The molecule has 2 rings (SSSR count). The van der Waals surface area contributed by atoms with E-state index in [4.69, 9.17) is 11.5 Å². The van der Waals surface area contributed by atoms with Crippen LogP contribution in [-0.2, 0) is 0 Å². The fraction of sp³-hybridized carbons (Fsp3) is 0.643. The highest BCUT2D eigenvalue weighted by Crippen LogP contribution is 2.51. The first kappa shape index (κ1) is 14.2. The molecule has 0 atom stereocenters. The number of carbonyl (C=O) groups excluding carboxylic acids is 1. The van der Waals surface area contributed by atoms with Crippen LogP contribution < -0.4 is 16.4 Å². The van der Waals surface area contributed by atoms with Crippen LogP contribution in [0.1, 0.15) is 60.7 Å². The highest BCUT2D eigenvalue weighted by molar-refractivity contribution is 7.18. The lowest BCUT2D eigenvalue weighted by Gasteiger charge is -2.22. The van der Waals surface area contributed by atoms with Crippen LogP contribution in [0.5, 0.6) is 0 Å². The number of primary amides is 1. The predicted octanol–water partition coefficient (Wildman–Crippen LogP) is 2.93. The topological polar surface area (TPSA) is 72.3 Å². The van der Waals surface area contributed by atoms with Gasteiger partial charge >= 0.3 is 0 Å². The maximum Gasteiger partial charge on any atom is 0.260 e. The first-order valence-corrected chi connectivity index (χ1v) is 7.88. The second-order valence-corrected chi connectivity index (χ2v) is 6.13. The Morgan fingerprint density at radius 3 is 2.58 bits per heavy atom. The molecular formula is C14H23N3OS. The molecule has 5 heteroatoms. The molecule has 1 fully saturated rings. The number of anilines is 2. The average Bonchev–Trinajstić information content (AvgIpc) is 3.15. The molecule has 1 aliphatic carbocycles. The monoisotopic (exact) mass is 281 g/mol. The van der Waals surface area contributed by atoms with Crippen LogP contribution in [0.15, 0.2) is 0 Å². The van der Waals surface area contributed by atoms with E-state index in [1.54, 1.807) is 0 Å². The molecule has 1 aromatic rings. The Kier molecular flexibility index (Phi) is 4.34. The molecule has 0 aromatic carbocycles. The summed E-state index contributed by atoms with van der Waals surface area (Å²) in [6, 6.07) is 0. The second kappa shape index (κ2) is 5.82. The molecule has 1 aliphatic rings. The SMILES string of the molecule is CCCCN(CC)c1sc(C(N)=O)c(N)c1C1CC1. The number of nitrogen functional groups attached to an aromatic ring is 1. The van der Waals surface area contributed by atoms with E-state index in [0.717, 1.165) is 19.5 Å². The third-order valence-electron chi connectivity index (χ3n) is 3.62. The highest BCUT2D eigenvalue weighted by Gasteiger charge is 2.33. The first-order valence-electron chi connectivity index (χ1n) is 7.07. The molecular weight excluding hydrogens is 258 g/mol. The number of hydrogen-bond acceptors (Lipinski definition) is 4. The van der Waals surface area contributed by atoms with Gasteiger partial charge < -0.3 is 16.4 Å². The van der Waals surface area contributed by atoms with E-state index in [-0.39, 0.29) is 0 Å². The van der Waals surface area contributed by atoms with Crippen LogP contribution in [0, 0.1) is 0 Å². The molecule has 19 heavy (non-hydrogen) atoms. The lowest BCUT2D eigenvalue weighted by molar-refractivity contribution is 0.100. The minimum Gasteiger partial charge on any atom is -0.397 e. The summed E-state index contributed by atoms with van der Waals surface area (Å²) in [5, 5.41) is 1.17. The standard InChI is InChI=1S/C14H23N3OS/c1-3-5-8-17(4-2)14-10(9-6-7-9)11(15)12(19-14)13(16)18/h9H,3-8,15H2,1-2H3,(H2,16,18). The van der Waals surface area contributed by atoms with Crippen LogP contribution in [0.4, 0.5) is 10.7 Å². The Labute approximate surface area is 118 Å². The van der Waals surface area contributed by atoms with E-state index in [0.29, 0.717) is 16.5 Å². The van der Waals surface area contributed by atoms with Crippen LogP contribution in [-0.4, -0.2) is 19.0 Å². The maximum atomic E-state index is 11.5. The Hall–Kier alpha value is -1.23. The molecule has 4 N–H and O–H groups in total. The molecule has 0 bridgehead atoms. The van der Waals surface area contributed by atoms with Crippen LogP contribution in [0.2, 0.25) is 0 Å². The number of rotatable bonds is 7. The Balaban J connectivity index is 2.36. The Bertz CT molecular complexity index is 466. The molecule has 1 amide bonds. The van der Waals surface area contributed by atoms with Crippen molar-refractivity contribution in [3.8, 4) is 0 Å². The van der Waals surface area contributed by atoms with Crippen molar-refractivity contribution < 1.29 is 4.79 Å². The van der Waals surface area contributed by atoms with Gasteiger partial charge in [0.25, 0.3) is 5.91 Å². The first-order chi connectivity index (χ1) is 9.10. The van der Waals surface area contributed by atoms with E-state index in [1.165, 1.54) is 41.2 Å². The number of nitrogens with two attached hydrogens (primary N) is 2. The zero-order chi connectivity index (χ0) is 14.0. The molecule has 0 unspecified atom stereocenters. The molecule has 1 aromatic heterocycles. The Morgan fingerprint density at radius 2 is 2.11 bits per heavy atom. The number of nitrogens with zero attached hydrogens (tertiary/aromatic N) is 1. The summed E-state index contributed by atoms with van der Waals surface area (Å²) in [6.45, 7) is 6.29. The number of hydrogen-bond donors (Lipinski definition) is 2. The average molecular weight is 281 g/mol. The quantitative estimate of drug-likeness (QED) is 0.807. The van der Waals surface area contributed by atoms with Crippen molar-refractivity contribution in [2.45, 2.75) is 45.4 Å². The summed E-state index contributed by atoms with van der Waals surface area (Å²) in [7, 11) is 0. The van der Waals surface area contributed by atoms with Crippen molar-refractivity contribution in [1.29, 1.82) is 0 Å². The molecule has 0 radical (unpaired) electrons. The van der Waals surface area contributed by atoms with E-state index in [2.05, 4.69) is 18.7 Å². The zero-order valence-corrected chi connectivity index (χ0v) is 12.6. The largest absolute Gasteiger partial charge is 0.397 e. The van der Waals surface area contributed by atoms with Gasteiger partial charge in [-0.2, -0.15) is 0 Å². The summed E-state index contributed by atoms with van der Waals surface area (Å²) in [4.78, 5) is 14.4. The normalized spacial score (nSPS) is 14.6. The number of unbranched alkanes of at least 4 members (excludes halogenated alkanes) is 1. The lowest BCUT2D eigenvalue weighted by Crippen LogP contribution is -2.23. The minimum absolute atomic E-state index is 0.401. The molecule has 0 aliphatic heterocycles. The van der Waals surface area contributed by atoms with Crippen molar-refractivity contribution in [2.75, 3.05) is 23.7 Å². The van der Waals surface area contributed by atoms with Gasteiger partial charge in [-0.3, -0.25) is 4.79 Å². The zero-order valence-electron chi connectivity index (χ0n) is 11.7. The van der Waals surface area contributed by atoms with E-state index >= 15 is 0 Å². The van der Waals surface area contributed by atoms with Crippen molar-refractivity contribution in [3.63, 3.8) is 0 Å². The summed E-state index contributed by atoms with van der Waals surface area (Å²) >= 11 is 1.47. The van der Waals surface area contributed by atoms with Crippen molar-refractivity contribution in [3.05, 3.63) is 10.4 Å². The van der Waals surface area contributed by atoms with Gasteiger partial charge in [-0.15, -0.1) is 11.3 Å². The van der Waals surface area contributed by atoms with Crippen LogP contribution in [0.3, 0.4) is 0 Å². The van der Waals surface area contributed by atoms with E-state index < -0.39 is 5.91 Å². The van der Waals surface area contributed by atoms with Gasteiger partial charge in [0, 0.05) is 18.7 Å². The van der Waals surface area contributed by atoms with Crippen LogP contribution in [0.25, 0.3) is 0 Å². The van der Waals surface area contributed by atoms with E-state index in [9.17, 15) is 4.79 Å². The van der Waals surface area contributed by atoms with Crippen molar-refractivity contribution >= 4 is 27.9 Å². The lowest BCUT2D eigenvalue weighted by atomic mass is 10.1. The molecule has 1 heterocycles. The minimum atomic E-state index is -0.401. The van der Waals surface area contributed by atoms with E-state index in [1.807, 2.05) is 0 Å². The number of amides is 1. The molecule has 0 saturated heterocycles. The van der Waals surface area contributed by atoms with Crippen molar-refractivity contribution in [2.24, 2.45) is 5.73 Å². The Morgan fingerprint density at radius 1 is 1.42 bits per heavy atom. The summed E-state index contributed by atoms with van der Waals surface area (Å²) in [6.07, 6.45) is 4.68. The van der Waals surface area contributed by atoms with Gasteiger partial charge in [-0.1, -0.05) is 13.3 Å². The highest BCUT2D eigenvalue weighted by atomic mass is 32.1. The van der Waals surface area contributed by atoms with Gasteiger partial charge in [0.2, 0.25) is 0 Å². The second-order valence-electron chi connectivity index (χ2n) is 5.14. The summed E-state index contributed by atoms with van der Waals surface area (Å²) in [5.41, 5.74) is 13.4. The number of carbonyl (C=O) groups is 1. The van der Waals surface area contributed by atoms with Gasteiger partial charge in [0.05, 0.1) is 10.7 Å². The number of thiophene rings is 1. The molecule has 106 valence electrons. The van der Waals surface area contributed by atoms with Gasteiger partial charge in [-0.05, 0) is 32.1 Å². The van der Waals surface area contributed by atoms with Gasteiger partial charge in [0.15, 0.2) is 0 Å². The third-order valence-corrected chi connectivity index (χ3v) is 4.92. The fourth-order valence-electron chi connectivity index (χ4n) is 2.38. The predicted molar refractivity (Wildman–Crippen MR) is 82.0 cm³/mol. The maximum absolute atomic E-state index is 11.5. The molecule has 4 nitrogen and oxygen atoms in total. The third kappa shape index (κ3) is 2.86. The van der Waals surface area contributed by atoms with Gasteiger partial charge in [-0.25, -0.2) is 0 Å². The van der Waals surface area contributed by atoms with Crippen molar-refractivity contribution in [1.82, 2.24) is 0 Å². The summed E-state index contributed by atoms with van der Waals surface area (Å²) < 4.78 is 0.